The van der Waals surface area contributed by atoms with Crippen molar-refractivity contribution in [1.29, 1.82) is 5.26 Å². The highest BCUT2D eigenvalue weighted by Crippen LogP contribution is 2.31. The van der Waals surface area contributed by atoms with Crippen molar-refractivity contribution in [1.82, 2.24) is 9.27 Å². The first-order chi connectivity index (χ1) is 8.51. The first-order valence-corrected chi connectivity index (χ1v) is 6.66. The lowest BCUT2D eigenvalue weighted by Gasteiger charge is -2.11. The molecular formula is C12H18N4OS. The Hall–Kier alpha value is -1.61. The van der Waals surface area contributed by atoms with Crippen molar-refractivity contribution in [3.63, 3.8) is 0 Å². The van der Waals surface area contributed by atoms with Gasteiger partial charge in [0.15, 0.2) is 0 Å². The number of nitriles is 1. The molecule has 0 spiro atoms. The van der Waals surface area contributed by atoms with Gasteiger partial charge in [-0.1, -0.05) is 20.3 Å². The number of aromatic nitrogens is 1. The SMILES string of the molecule is CCCC(C)c1nsc(NC(=O)N(C)C)c1C#N. The fourth-order valence-corrected chi connectivity index (χ4v) is 2.45. The zero-order valence-electron chi connectivity index (χ0n) is 11.1. The highest BCUT2D eigenvalue weighted by atomic mass is 32.1. The Morgan fingerprint density at radius 2 is 2.28 bits per heavy atom. The van der Waals surface area contributed by atoms with Crippen LogP contribution in [0.4, 0.5) is 9.80 Å². The Morgan fingerprint density at radius 1 is 1.61 bits per heavy atom. The van der Waals surface area contributed by atoms with Crippen LogP contribution in [0.2, 0.25) is 0 Å². The van der Waals surface area contributed by atoms with E-state index in [4.69, 9.17) is 0 Å². The zero-order chi connectivity index (χ0) is 13.7. The monoisotopic (exact) mass is 266 g/mol. The molecule has 1 unspecified atom stereocenters. The predicted molar refractivity (Wildman–Crippen MR) is 72.9 cm³/mol. The molecule has 0 aliphatic rings. The normalized spacial score (nSPS) is 11.7. The Bertz CT molecular complexity index is 461. The molecule has 0 saturated heterocycles. The van der Waals surface area contributed by atoms with E-state index in [1.54, 1.807) is 14.1 Å². The number of urea groups is 1. The Labute approximate surface area is 112 Å². The van der Waals surface area contributed by atoms with Gasteiger partial charge in [0.05, 0.1) is 5.69 Å². The highest BCUT2D eigenvalue weighted by molar-refractivity contribution is 7.10. The number of nitrogens with zero attached hydrogens (tertiary/aromatic N) is 3. The lowest BCUT2D eigenvalue weighted by molar-refractivity contribution is 0.231. The second-order valence-electron chi connectivity index (χ2n) is 4.40. The van der Waals surface area contributed by atoms with Crippen LogP contribution >= 0.6 is 11.5 Å². The van der Waals surface area contributed by atoms with Gasteiger partial charge in [-0.3, -0.25) is 5.32 Å². The number of hydrogen-bond acceptors (Lipinski definition) is 4. The van der Waals surface area contributed by atoms with Crippen molar-refractivity contribution in [3.05, 3.63) is 11.3 Å². The van der Waals surface area contributed by atoms with E-state index in [0.717, 1.165) is 18.5 Å². The molecule has 0 fully saturated rings. The molecule has 0 aliphatic heterocycles. The fourth-order valence-electron chi connectivity index (χ4n) is 1.61. The van der Waals surface area contributed by atoms with Crippen LogP contribution in [0.1, 0.15) is 43.9 Å². The molecule has 1 aromatic rings. The maximum atomic E-state index is 11.6. The van der Waals surface area contributed by atoms with Crippen LogP contribution in [0.5, 0.6) is 0 Å². The number of nitrogens with one attached hydrogen (secondary N) is 1. The van der Waals surface area contributed by atoms with Gasteiger partial charge in [-0.15, -0.1) is 0 Å². The van der Waals surface area contributed by atoms with Crippen LogP contribution < -0.4 is 5.32 Å². The molecular weight excluding hydrogens is 248 g/mol. The van der Waals surface area contributed by atoms with E-state index in [2.05, 4.69) is 29.6 Å². The maximum absolute atomic E-state index is 11.6. The standard InChI is InChI=1S/C12H18N4OS/c1-5-6-8(2)10-9(7-13)11(18-15-10)14-12(17)16(3)4/h8H,5-6H2,1-4H3,(H,14,17). The summed E-state index contributed by atoms with van der Waals surface area (Å²) in [5, 5.41) is 12.4. The minimum Gasteiger partial charge on any atom is -0.331 e. The quantitative estimate of drug-likeness (QED) is 0.910. The van der Waals surface area contributed by atoms with Crippen LogP contribution in [0.25, 0.3) is 0 Å². The smallest absolute Gasteiger partial charge is 0.322 e. The van der Waals surface area contributed by atoms with E-state index in [0.29, 0.717) is 10.6 Å². The molecule has 18 heavy (non-hydrogen) atoms. The van der Waals surface area contributed by atoms with Gasteiger partial charge in [0.2, 0.25) is 0 Å². The molecule has 98 valence electrons. The average molecular weight is 266 g/mol. The van der Waals surface area contributed by atoms with Gasteiger partial charge in [-0.25, -0.2) is 4.79 Å². The topological polar surface area (TPSA) is 69.0 Å². The number of anilines is 1. The highest BCUT2D eigenvalue weighted by Gasteiger charge is 2.20. The number of carbonyl (C=O) groups excluding carboxylic acids is 1. The van der Waals surface area contributed by atoms with Gasteiger partial charge in [0.25, 0.3) is 0 Å². The van der Waals surface area contributed by atoms with Gasteiger partial charge in [0.1, 0.15) is 16.6 Å². The van der Waals surface area contributed by atoms with Crippen LogP contribution in [-0.2, 0) is 0 Å². The molecule has 1 heterocycles. The summed E-state index contributed by atoms with van der Waals surface area (Å²) in [6, 6.07) is 1.90. The first-order valence-electron chi connectivity index (χ1n) is 5.89. The second kappa shape index (κ2) is 6.36. The van der Waals surface area contributed by atoms with Gasteiger partial charge in [-0.2, -0.15) is 9.64 Å². The number of amides is 2. The first kappa shape index (κ1) is 14.5. The molecule has 0 radical (unpaired) electrons. The van der Waals surface area contributed by atoms with E-state index < -0.39 is 0 Å². The zero-order valence-corrected chi connectivity index (χ0v) is 12.0. The molecule has 2 amide bonds. The van der Waals surface area contributed by atoms with Crippen LogP contribution in [0.15, 0.2) is 0 Å². The molecule has 5 nitrogen and oxygen atoms in total. The van der Waals surface area contributed by atoms with Gasteiger partial charge in [0, 0.05) is 20.0 Å². The van der Waals surface area contributed by atoms with Crippen molar-refractivity contribution in [3.8, 4) is 6.07 Å². The summed E-state index contributed by atoms with van der Waals surface area (Å²) in [6.45, 7) is 4.15. The summed E-state index contributed by atoms with van der Waals surface area (Å²) < 4.78 is 4.30. The minimum atomic E-state index is -0.246. The predicted octanol–water partition coefficient (Wildman–Crippen LogP) is 3.01. The number of rotatable bonds is 4. The molecule has 1 rings (SSSR count). The molecule has 6 heteroatoms. The Balaban J connectivity index is 2.96. The molecule has 1 N–H and O–H groups in total. The van der Waals surface area contributed by atoms with Crippen molar-refractivity contribution in [2.45, 2.75) is 32.6 Å². The second-order valence-corrected chi connectivity index (χ2v) is 5.17. The third kappa shape index (κ3) is 3.20. The third-order valence-electron chi connectivity index (χ3n) is 2.65. The summed E-state index contributed by atoms with van der Waals surface area (Å²) >= 11 is 1.17. The Kier molecular flexibility index (Phi) is 5.10. The number of carbonyl (C=O) groups is 1. The average Bonchev–Trinajstić information content (AvgIpc) is 2.72. The van der Waals surface area contributed by atoms with E-state index in [1.807, 2.05) is 0 Å². The van der Waals surface area contributed by atoms with Crippen LogP contribution in [-0.4, -0.2) is 29.4 Å². The molecule has 0 bridgehead atoms. The van der Waals surface area contributed by atoms with Crippen molar-refractivity contribution in [2.75, 3.05) is 19.4 Å². The lowest BCUT2D eigenvalue weighted by atomic mass is 9.99. The van der Waals surface area contributed by atoms with Crippen molar-refractivity contribution < 1.29 is 4.79 Å². The van der Waals surface area contributed by atoms with E-state index in [1.165, 1.54) is 16.4 Å². The fraction of sp³-hybridized carbons (Fsp3) is 0.583. The van der Waals surface area contributed by atoms with Crippen molar-refractivity contribution in [2.24, 2.45) is 0 Å². The van der Waals surface area contributed by atoms with Gasteiger partial charge in [-0.05, 0) is 18.0 Å². The lowest BCUT2D eigenvalue weighted by Crippen LogP contribution is -2.27. The summed E-state index contributed by atoms with van der Waals surface area (Å²) in [5.74, 6) is 0.242. The maximum Gasteiger partial charge on any atom is 0.322 e. The minimum absolute atomic E-state index is 0.242. The van der Waals surface area contributed by atoms with Crippen molar-refractivity contribution >= 4 is 22.6 Å². The Morgan fingerprint density at radius 3 is 2.78 bits per heavy atom. The van der Waals surface area contributed by atoms with Crippen LogP contribution in [0, 0.1) is 11.3 Å². The summed E-state index contributed by atoms with van der Waals surface area (Å²) in [6.07, 6.45) is 2.03. The summed E-state index contributed by atoms with van der Waals surface area (Å²) in [4.78, 5) is 13.0. The number of hydrogen-bond donors (Lipinski definition) is 1. The van der Waals surface area contributed by atoms with Crippen LogP contribution in [0.3, 0.4) is 0 Å². The largest absolute Gasteiger partial charge is 0.331 e. The molecule has 1 atom stereocenters. The van der Waals surface area contributed by atoms with E-state index >= 15 is 0 Å². The molecule has 1 aromatic heterocycles. The third-order valence-corrected chi connectivity index (χ3v) is 3.42. The summed E-state index contributed by atoms with van der Waals surface area (Å²) in [5.41, 5.74) is 1.29. The molecule has 0 aromatic carbocycles. The van der Waals surface area contributed by atoms with Gasteiger partial charge < -0.3 is 4.90 Å². The molecule has 0 saturated carbocycles. The van der Waals surface area contributed by atoms with Gasteiger partial charge >= 0.3 is 6.03 Å². The van der Waals surface area contributed by atoms with E-state index in [-0.39, 0.29) is 11.9 Å². The summed E-state index contributed by atoms with van der Waals surface area (Å²) in [7, 11) is 3.31. The molecule has 0 aliphatic carbocycles. The van der Waals surface area contributed by atoms with E-state index in [9.17, 15) is 10.1 Å².